The molecule has 5 nitrogen and oxygen atoms in total. The van der Waals surface area contributed by atoms with Gasteiger partial charge in [-0.2, -0.15) is 0 Å². The number of likely N-dealkylation sites (tertiary alicyclic amines) is 2. The van der Waals surface area contributed by atoms with E-state index in [1.807, 2.05) is 0 Å². The highest BCUT2D eigenvalue weighted by atomic mass is 19.1. The number of benzene rings is 1. The van der Waals surface area contributed by atoms with Gasteiger partial charge in [0.1, 0.15) is 18.0 Å². The van der Waals surface area contributed by atoms with Crippen molar-refractivity contribution in [2.75, 3.05) is 25.0 Å². The number of hydrogen-bond donors (Lipinski definition) is 1. The highest BCUT2D eigenvalue weighted by Crippen LogP contribution is 2.25. The molecule has 24 heavy (non-hydrogen) atoms. The number of carbonyl (C=O) groups excluding carboxylic acids is 2. The molecule has 2 heterocycles. The zero-order chi connectivity index (χ0) is 17.1. The van der Waals surface area contributed by atoms with Crippen LogP contribution in [0.3, 0.4) is 0 Å². The molecule has 0 radical (unpaired) electrons. The standard InChI is InChI=1S/C17H21F2N3O2/c18-12-5-4-6-14(9-12)20-17(24)22-11-13(19)10-15(22)16(23)21-7-2-1-3-8-21/h4-6,9,13,15H,1-3,7-8,10-11H2,(H,20,24)/t13-,15-/m0/s1. The van der Waals surface area contributed by atoms with E-state index in [2.05, 4.69) is 5.32 Å². The summed E-state index contributed by atoms with van der Waals surface area (Å²) < 4.78 is 27.1. The Hall–Kier alpha value is -2.18. The van der Waals surface area contributed by atoms with E-state index in [1.165, 1.54) is 23.1 Å². The predicted octanol–water partition coefficient (Wildman–Crippen LogP) is 2.78. The second-order valence-corrected chi connectivity index (χ2v) is 6.33. The molecule has 1 N–H and O–H groups in total. The van der Waals surface area contributed by atoms with Crippen LogP contribution in [0.4, 0.5) is 19.3 Å². The van der Waals surface area contributed by atoms with Gasteiger partial charge >= 0.3 is 6.03 Å². The van der Waals surface area contributed by atoms with Gasteiger partial charge in [0.2, 0.25) is 5.91 Å². The minimum atomic E-state index is -1.22. The average Bonchev–Trinajstić information content (AvgIpc) is 2.97. The Morgan fingerprint density at radius 2 is 1.92 bits per heavy atom. The molecule has 0 spiro atoms. The molecule has 0 unspecified atom stereocenters. The van der Waals surface area contributed by atoms with Gasteiger partial charge < -0.3 is 15.1 Å². The molecule has 0 bridgehead atoms. The Morgan fingerprint density at radius 1 is 1.17 bits per heavy atom. The van der Waals surface area contributed by atoms with Crippen LogP contribution in [0.1, 0.15) is 25.7 Å². The summed E-state index contributed by atoms with van der Waals surface area (Å²) in [4.78, 5) is 28.0. The number of nitrogens with zero attached hydrogens (tertiary/aromatic N) is 2. The van der Waals surface area contributed by atoms with Crippen molar-refractivity contribution in [3.05, 3.63) is 30.1 Å². The summed E-state index contributed by atoms with van der Waals surface area (Å²) in [5.41, 5.74) is 0.284. The van der Waals surface area contributed by atoms with E-state index in [-0.39, 0.29) is 24.6 Å². The maximum Gasteiger partial charge on any atom is 0.322 e. The highest BCUT2D eigenvalue weighted by molar-refractivity contribution is 5.94. The van der Waals surface area contributed by atoms with Gasteiger partial charge in [0.25, 0.3) is 0 Å². The number of piperidine rings is 1. The van der Waals surface area contributed by atoms with Crippen molar-refractivity contribution in [2.24, 2.45) is 0 Å². The van der Waals surface area contributed by atoms with Crippen LogP contribution in [0, 0.1) is 5.82 Å². The largest absolute Gasteiger partial charge is 0.341 e. The summed E-state index contributed by atoms with van der Waals surface area (Å²) >= 11 is 0. The first-order valence-electron chi connectivity index (χ1n) is 8.30. The van der Waals surface area contributed by atoms with E-state index in [4.69, 9.17) is 0 Å². The van der Waals surface area contributed by atoms with Gasteiger partial charge in [-0.25, -0.2) is 13.6 Å². The molecule has 7 heteroatoms. The zero-order valence-electron chi connectivity index (χ0n) is 13.4. The van der Waals surface area contributed by atoms with Gasteiger partial charge in [0.15, 0.2) is 0 Å². The molecule has 3 rings (SSSR count). The fourth-order valence-electron chi connectivity index (χ4n) is 3.33. The number of nitrogens with one attached hydrogen (secondary N) is 1. The van der Waals surface area contributed by atoms with Crippen LogP contribution < -0.4 is 5.32 Å². The van der Waals surface area contributed by atoms with E-state index in [9.17, 15) is 18.4 Å². The zero-order valence-corrected chi connectivity index (χ0v) is 13.4. The van der Waals surface area contributed by atoms with E-state index in [1.54, 1.807) is 11.0 Å². The number of carbonyl (C=O) groups is 2. The molecular formula is C17H21F2N3O2. The van der Waals surface area contributed by atoms with E-state index < -0.39 is 24.1 Å². The normalized spacial score (nSPS) is 24.1. The molecule has 0 saturated carbocycles. The van der Waals surface area contributed by atoms with Gasteiger partial charge in [0, 0.05) is 25.2 Å². The monoisotopic (exact) mass is 337 g/mol. The number of halogens is 2. The molecular weight excluding hydrogens is 316 g/mol. The first kappa shape index (κ1) is 16.7. The van der Waals surface area contributed by atoms with Gasteiger partial charge in [0.05, 0.1) is 6.54 Å². The molecule has 1 aromatic rings. The molecule has 2 fully saturated rings. The summed E-state index contributed by atoms with van der Waals surface area (Å²) in [6.45, 7) is 1.20. The number of anilines is 1. The van der Waals surface area contributed by atoms with Gasteiger partial charge in [-0.15, -0.1) is 0 Å². The van der Waals surface area contributed by atoms with Crippen LogP contribution in [0.25, 0.3) is 0 Å². The first-order chi connectivity index (χ1) is 11.5. The number of alkyl halides is 1. The van der Waals surface area contributed by atoms with E-state index >= 15 is 0 Å². The number of urea groups is 1. The van der Waals surface area contributed by atoms with Gasteiger partial charge in [-0.3, -0.25) is 4.79 Å². The minimum absolute atomic E-state index is 0.0197. The molecule has 1 aromatic carbocycles. The smallest absolute Gasteiger partial charge is 0.322 e. The quantitative estimate of drug-likeness (QED) is 0.902. The van der Waals surface area contributed by atoms with Crippen molar-refractivity contribution in [1.29, 1.82) is 0 Å². The number of amides is 3. The molecule has 0 aromatic heterocycles. The molecule has 130 valence electrons. The lowest BCUT2D eigenvalue weighted by molar-refractivity contribution is -0.136. The summed E-state index contributed by atoms with van der Waals surface area (Å²) in [7, 11) is 0. The Bertz CT molecular complexity index is 620. The van der Waals surface area contributed by atoms with Crippen LogP contribution in [-0.2, 0) is 4.79 Å². The Labute approximate surface area is 139 Å². The molecule has 2 saturated heterocycles. The lowest BCUT2D eigenvalue weighted by atomic mass is 10.1. The van der Waals surface area contributed by atoms with E-state index in [0.717, 1.165) is 19.3 Å². The van der Waals surface area contributed by atoms with Crippen LogP contribution in [0.15, 0.2) is 24.3 Å². The van der Waals surface area contributed by atoms with Crippen LogP contribution in [0.2, 0.25) is 0 Å². The van der Waals surface area contributed by atoms with Gasteiger partial charge in [-0.05, 0) is 37.5 Å². The topological polar surface area (TPSA) is 52.7 Å². The van der Waals surface area contributed by atoms with E-state index in [0.29, 0.717) is 13.1 Å². The molecule has 2 aliphatic rings. The molecule has 2 atom stereocenters. The third-order valence-electron chi connectivity index (χ3n) is 4.54. The number of hydrogen-bond acceptors (Lipinski definition) is 2. The maximum atomic E-state index is 13.9. The van der Waals surface area contributed by atoms with Crippen molar-refractivity contribution in [1.82, 2.24) is 9.80 Å². The average molecular weight is 337 g/mol. The fourth-order valence-corrected chi connectivity index (χ4v) is 3.33. The Balaban J connectivity index is 1.69. The van der Waals surface area contributed by atoms with Crippen LogP contribution >= 0.6 is 0 Å². The Kier molecular flexibility index (Phi) is 4.97. The molecule has 0 aliphatic carbocycles. The van der Waals surface area contributed by atoms with Crippen LogP contribution in [-0.4, -0.2) is 53.6 Å². The van der Waals surface area contributed by atoms with Crippen LogP contribution in [0.5, 0.6) is 0 Å². The van der Waals surface area contributed by atoms with Crippen molar-refractivity contribution in [3.63, 3.8) is 0 Å². The first-order valence-corrected chi connectivity index (χ1v) is 8.30. The third kappa shape index (κ3) is 3.66. The lowest BCUT2D eigenvalue weighted by Gasteiger charge is -2.32. The summed E-state index contributed by atoms with van der Waals surface area (Å²) in [5.74, 6) is -0.664. The Morgan fingerprint density at radius 3 is 2.62 bits per heavy atom. The highest BCUT2D eigenvalue weighted by Gasteiger charge is 2.41. The second kappa shape index (κ2) is 7.15. The maximum absolute atomic E-state index is 13.9. The van der Waals surface area contributed by atoms with Crippen molar-refractivity contribution in [2.45, 2.75) is 37.9 Å². The van der Waals surface area contributed by atoms with Crippen molar-refractivity contribution in [3.8, 4) is 0 Å². The van der Waals surface area contributed by atoms with Crippen molar-refractivity contribution < 1.29 is 18.4 Å². The fraction of sp³-hybridized carbons (Fsp3) is 0.529. The number of rotatable bonds is 2. The predicted molar refractivity (Wildman–Crippen MR) is 85.9 cm³/mol. The summed E-state index contributed by atoms with van der Waals surface area (Å²) in [6, 6.07) is 4.12. The van der Waals surface area contributed by atoms with Gasteiger partial charge in [-0.1, -0.05) is 6.07 Å². The summed E-state index contributed by atoms with van der Waals surface area (Å²) in [6.07, 6.45) is 1.76. The SMILES string of the molecule is O=C([C@@H]1C[C@H](F)CN1C(=O)Nc1cccc(F)c1)N1CCCCC1. The second-order valence-electron chi connectivity index (χ2n) is 6.33. The van der Waals surface area contributed by atoms with Crippen molar-refractivity contribution >= 4 is 17.6 Å². The molecule has 2 aliphatic heterocycles. The lowest BCUT2D eigenvalue weighted by Crippen LogP contribution is -2.50. The minimum Gasteiger partial charge on any atom is -0.341 e. The molecule has 3 amide bonds. The summed E-state index contributed by atoms with van der Waals surface area (Å²) in [5, 5.41) is 2.54. The third-order valence-corrected chi connectivity index (χ3v) is 4.54.